The molecule has 0 aliphatic rings. The van der Waals surface area contributed by atoms with Crippen LogP contribution in [0.15, 0.2) is 36.5 Å². The van der Waals surface area contributed by atoms with Crippen molar-refractivity contribution in [1.82, 2.24) is 4.98 Å². The van der Waals surface area contributed by atoms with Gasteiger partial charge in [0.1, 0.15) is 0 Å². The minimum Gasteiger partial charge on any atom is -0.390 e. The topological polar surface area (TPSA) is 45.1 Å². The minimum absolute atomic E-state index is 0.585. The molecule has 0 fully saturated rings. The van der Waals surface area contributed by atoms with Crippen molar-refractivity contribution < 1.29 is 5.11 Å². The predicted molar refractivity (Wildman–Crippen MR) is 75.8 cm³/mol. The van der Waals surface area contributed by atoms with E-state index in [0.717, 1.165) is 36.0 Å². The molecule has 0 spiro atoms. The lowest BCUT2D eigenvalue weighted by molar-refractivity contribution is 0.0698. The fourth-order valence-corrected chi connectivity index (χ4v) is 1.99. The molecule has 2 rings (SSSR count). The molecule has 0 amide bonds. The molecular weight excluding hydrogens is 224 g/mol. The van der Waals surface area contributed by atoms with Crippen LogP contribution >= 0.6 is 0 Å². The number of benzene rings is 1. The van der Waals surface area contributed by atoms with E-state index in [1.165, 1.54) is 0 Å². The molecular formula is C15H20N2O. The highest BCUT2D eigenvalue weighted by Gasteiger charge is 2.11. The number of hydrogen-bond acceptors (Lipinski definition) is 3. The Morgan fingerprint density at radius 2 is 2.00 bits per heavy atom. The summed E-state index contributed by atoms with van der Waals surface area (Å²) in [5.74, 6) is 0. The standard InChI is InChI=1S/C15H20N2O/c1-15(2,18)9-5-11-16-13-8-3-6-12-7-4-10-17-14(12)13/h3-4,6-8,10,16,18H,5,9,11H2,1-2H3. The number of aromatic nitrogens is 1. The maximum atomic E-state index is 9.65. The van der Waals surface area contributed by atoms with Crippen molar-refractivity contribution in [3.8, 4) is 0 Å². The smallest absolute Gasteiger partial charge is 0.0933 e. The molecule has 96 valence electrons. The summed E-state index contributed by atoms with van der Waals surface area (Å²) >= 11 is 0. The molecule has 0 atom stereocenters. The molecule has 18 heavy (non-hydrogen) atoms. The van der Waals surface area contributed by atoms with Crippen molar-refractivity contribution in [2.75, 3.05) is 11.9 Å². The van der Waals surface area contributed by atoms with Gasteiger partial charge in [0.15, 0.2) is 0 Å². The molecule has 2 N–H and O–H groups in total. The molecule has 1 aromatic carbocycles. The third-order valence-corrected chi connectivity index (χ3v) is 2.91. The van der Waals surface area contributed by atoms with Crippen LogP contribution in [-0.4, -0.2) is 22.2 Å². The largest absolute Gasteiger partial charge is 0.390 e. The first kappa shape index (κ1) is 12.8. The maximum absolute atomic E-state index is 9.65. The molecule has 0 radical (unpaired) electrons. The first-order valence-corrected chi connectivity index (χ1v) is 6.36. The summed E-state index contributed by atoms with van der Waals surface area (Å²) in [5.41, 5.74) is 1.48. The van der Waals surface area contributed by atoms with E-state index in [9.17, 15) is 5.11 Å². The van der Waals surface area contributed by atoms with Crippen LogP contribution < -0.4 is 5.32 Å². The fourth-order valence-electron chi connectivity index (χ4n) is 1.99. The van der Waals surface area contributed by atoms with Gasteiger partial charge in [-0.3, -0.25) is 4.98 Å². The molecule has 1 heterocycles. The van der Waals surface area contributed by atoms with Crippen molar-refractivity contribution in [2.24, 2.45) is 0 Å². The van der Waals surface area contributed by atoms with E-state index < -0.39 is 5.60 Å². The molecule has 0 saturated heterocycles. The highest BCUT2D eigenvalue weighted by Crippen LogP contribution is 2.20. The normalized spacial score (nSPS) is 11.7. The number of nitrogens with one attached hydrogen (secondary N) is 1. The van der Waals surface area contributed by atoms with E-state index in [2.05, 4.69) is 22.4 Å². The van der Waals surface area contributed by atoms with Crippen LogP contribution in [0.4, 0.5) is 5.69 Å². The van der Waals surface area contributed by atoms with Crippen molar-refractivity contribution >= 4 is 16.6 Å². The number of rotatable bonds is 5. The van der Waals surface area contributed by atoms with Crippen molar-refractivity contribution in [3.05, 3.63) is 36.5 Å². The van der Waals surface area contributed by atoms with Crippen LogP contribution in [0.3, 0.4) is 0 Å². The van der Waals surface area contributed by atoms with Gasteiger partial charge in [0.05, 0.1) is 16.8 Å². The van der Waals surface area contributed by atoms with Crippen LogP contribution in [-0.2, 0) is 0 Å². The van der Waals surface area contributed by atoms with Crippen molar-refractivity contribution in [2.45, 2.75) is 32.3 Å². The van der Waals surface area contributed by atoms with Gasteiger partial charge in [-0.05, 0) is 38.8 Å². The van der Waals surface area contributed by atoms with E-state index in [4.69, 9.17) is 0 Å². The lowest BCUT2D eigenvalue weighted by atomic mass is 10.0. The first-order chi connectivity index (χ1) is 8.56. The number of fused-ring (bicyclic) bond motifs is 1. The SMILES string of the molecule is CC(C)(O)CCCNc1cccc2cccnc12. The Balaban J connectivity index is 2.00. The van der Waals surface area contributed by atoms with Crippen molar-refractivity contribution in [3.63, 3.8) is 0 Å². The average Bonchev–Trinajstić information content (AvgIpc) is 2.33. The second-order valence-electron chi connectivity index (χ2n) is 5.22. The lowest BCUT2D eigenvalue weighted by Crippen LogP contribution is -2.19. The zero-order valence-corrected chi connectivity index (χ0v) is 11.0. The van der Waals surface area contributed by atoms with Gasteiger partial charge >= 0.3 is 0 Å². The van der Waals surface area contributed by atoms with Gasteiger partial charge in [-0.1, -0.05) is 18.2 Å². The predicted octanol–water partition coefficient (Wildman–Crippen LogP) is 3.20. The summed E-state index contributed by atoms with van der Waals surface area (Å²) in [7, 11) is 0. The first-order valence-electron chi connectivity index (χ1n) is 6.36. The van der Waals surface area contributed by atoms with E-state index in [-0.39, 0.29) is 0 Å². The van der Waals surface area contributed by atoms with Crippen LogP contribution in [0, 0.1) is 0 Å². The van der Waals surface area contributed by atoms with E-state index in [1.54, 1.807) is 0 Å². The zero-order valence-electron chi connectivity index (χ0n) is 11.0. The van der Waals surface area contributed by atoms with Crippen LogP contribution in [0.1, 0.15) is 26.7 Å². The summed E-state index contributed by atoms with van der Waals surface area (Å²) < 4.78 is 0. The number of hydrogen-bond donors (Lipinski definition) is 2. The lowest BCUT2D eigenvalue weighted by Gasteiger charge is -2.17. The molecule has 3 nitrogen and oxygen atoms in total. The quantitative estimate of drug-likeness (QED) is 0.794. The number of aliphatic hydroxyl groups is 1. The summed E-state index contributed by atoms with van der Waals surface area (Å²) in [5, 5.41) is 14.2. The monoisotopic (exact) mass is 244 g/mol. The van der Waals surface area contributed by atoms with Gasteiger partial charge in [0, 0.05) is 18.1 Å². The highest BCUT2D eigenvalue weighted by molar-refractivity contribution is 5.90. The number of nitrogens with zero attached hydrogens (tertiary/aromatic N) is 1. The van der Waals surface area contributed by atoms with Gasteiger partial charge in [-0.2, -0.15) is 0 Å². The van der Waals surface area contributed by atoms with E-state index in [1.807, 2.05) is 38.2 Å². The Morgan fingerprint density at radius 1 is 1.22 bits per heavy atom. The Morgan fingerprint density at radius 3 is 2.78 bits per heavy atom. The minimum atomic E-state index is -0.585. The molecule has 0 aliphatic heterocycles. The Bertz CT molecular complexity index is 512. The molecule has 0 unspecified atom stereocenters. The van der Waals surface area contributed by atoms with Gasteiger partial charge in [0.2, 0.25) is 0 Å². The second kappa shape index (κ2) is 5.36. The summed E-state index contributed by atoms with van der Waals surface area (Å²) in [6.45, 7) is 4.53. The van der Waals surface area contributed by atoms with Gasteiger partial charge in [0.25, 0.3) is 0 Å². The molecule has 1 aromatic heterocycles. The van der Waals surface area contributed by atoms with Crippen LogP contribution in [0.5, 0.6) is 0 Å². The Hall–Kier alpha value is -1.61. The second-order valence-corrected chi connectivity index (χ2v) is 5.22. The average molecular weight is 244 g/mol. The third-order valence-electron chi connectivity index (χ3n) is 2.91. The number of anilines is 1. The number of para-hydroxylation sites is 1. The van der Waals surface area contributed by atoms with E-state index >= 15 is 0 Å². The zero-order chi connectivity index (χ0) is 13.0. The maximum Gasteiger partial charge on any atom is 0.0933 e. The third kappa shape index (κ3) is 3.44. The molecule has 3 heteroatoms. The van der Waals surface area contributed by atoms with E-state index in [0.29, 0.717) is 0 Å². The number of pyridine rings is 1. The summed E-state index contributed by atoms with van der Waals surface area (Å²) in [6.07, 6.45) is 3.54. The summed E-state index contributed by atoms with van der Waals surface area (Å²) in [6, 6.07) is 10.1. The Kier molecular flexibility index (Phi) is 3.82. The summed E-state index contributed by atoms with van der Waals surface area (Å²) in [4.78, 5) is 4.40. The molecule has 0 bridgehead atoms. The van der Waals surface area contributed by atoms with Crippen LogP contribution in [0.2, 0.25) is 0 Å². The molecule has 2 aromatic rings. The molecule has 0 saturated carbocycles. The van der Waals surface area contributed by atoms with Gasteiger partial charge < -0.3 is 10.4 Å². The van der Waals surface area contributed by atoms with Crippen molar-refractivity contribution in [1.29, 1.82) is 0 Å². The van der Waals surface area contributed by atoms with Gasteiger partial charge in [-0.15, -0.1) is 0 Å². The fraction of sp³-hybridized carbons (Fsp3) is 0.400. The molecule has 0 aliphatic carbocycles. The van der Waals surface area contributed by atoms with Gasteiger partial charge in [-0.25, -0.2) is 0 Å². The Labute approximate surface area is 108 Å². The highest BCUT2D eigenvalue weighted by atomic mass is 16.3. The van der Waals surface area contributed by atoms with Crippen LogP contribution in [0.25, 0.3) is 10.9 Å².